The number of rotatable bonds is 5. The van der Waals surface area contributed by atoms with Crippen LogP contribution in [-0.4, -0.2) is 48.5 Å². The summed E-state index contributed by atoms with van der Waals surface area (Å²) in [5.41, 5.74) is 2.17. The fourth-order valence-electron chi connectivity index (χ4n) is 3.06. The summed E-state index contributed by atoms with van der Waals surface area (Å²) in [7, 11) is 1.63. The Labute approximate surface area is 192 Å². The average molecular weight is 500 g/mol. The Hall–Kier alpha value is -3.47. The van der Waals surface area contributed by atoms with E-state index in [0.717, 1.165) is 11.3 Å². The van der Waals surface area contributed by atoms with Crippen molar-refractivity contribution in [2.75, 3.05) is 12.4 Å². The molecule has 166 valence electrons. The van der Waals surface area contributed by atoms with Crippen molar-refractivity contribution in [2.24, 2.45) is 0 Å². The van der Waals surface area contributed by atoms with Gasteiger partial charge in [-0.2, -0.15) is 4.98 Å². The molecule has 10 nitrogen and oxygen atoms in total. The summed E-state index contributed by atoms with van der Waals surface area (Å²) in [4.78, 5) is 28.7. The van der Waals surface area contributed by atoms with Crippen molar-refractivity contribution >= 4 is 39.0 Å². The SMILES string of the molecule is COc1ccc(Cn2nc(Br)nc2-c2nccc3[nH]c(NC(=O)OC(C)(C)C)nc23)cc1. The van der Waals surface area contributed by atoms with Gasteiger partial charge >= 0.3 is 6.09 Å². The number of nitrogens with one attached hydrogen (secondary N) is 2. The Kier molecular flexibility index (Phi) is 5.83. The van der Waals surface area contributed by atoms with E-state index in [0.29, 0.717) is 33.8 Å². The number of H-pyrrole nitrogens is 1. The monoisotopic (exact) mass is 499 g/mol. The molecule has 0 radical (unpaired) electrons. The van der Waals surface area contributed by atoms with Crippen LogP contribution in [-0.2, 0) is 11.3 Å². The minimum atomic E-state index is -0.618. The lowest BCUT2D eigenvalue weighted by atomic mass is 10.2. The minimum Gasteiger partial charge on any atom is -0.497 e. The van der Waals surface area contributed by atoms with E-state index >= 15 is 0 Å². The highest BCUT2D eigenvalue weighted by atomic mass is 79.9. The van der Waals surface area contributed by atoms with E-state index in [1.54, 1.807) is 44.8 Å². The van der Waals surface area contributed by atoms with Gasteiger partial charge in [-0.3, -0.25) is 10.3 Å². The molecule has 0 aliphatic rings. The molecular weight excluding hydrogens is 478 g/mol. The summed E-state index contributed by atoms with van der Waals surface area (Å²) in [6.45, 7) is 5.85. The summed E-state index contributed by atoms with van der Waals surface area (Å²) < 4.78 is 12.7. The van der Waals surface area contributed by atoms with Crippen LogP contribution in [0.1, 0.15) is 26.3 Å². The van der Waals surface area contributed by atoms with E-state index in [2.05, 4.69) is 46.3 Å². The lowest BCUT2D eigenvalue weighted by Crippen LogP contribution is -2.27. The Bertz CT molecular complexity index is 1260. The second kappa shape index (κ2) is 8.58. The van der Waals surface area contributed by atoms with E-state index in [-0.39, 0.29) is 5.95 Å². The maximum atomic E-state index is 12.1. The van der Waals surface area contributed by atoms with Crippen LogP contribution >= 0.6 is 15.9 Å². The molecule has 32 heavy (non-hydrogen) atoms. The quantitative estimate of drug-likeness (QED) is 0.417. The first-order valence-corrected chi connectivity index (χ1v) is 10.6. The number of ether oxygens (including phenoxy) is 2. The van der Waals surface area contributed by atoms with Gasteiger partial charge in [0.25, 0.3) is 0 Å². The summed E-state index contributed by atoms with van der Waals surface area (Å²) >= 11 is 3.35. The van der Waals surface area contributed by atoms with Crippen LogP contribution in [0.4, 0.5) is 10.7 Å². The standard InChI is InChI=1S/C21H22BrN7O3/c1-21(2,3)32-20(30)27-19-24-14-9-10-23-16(15(14)25-19)17-26-18(22)28-29(17)11-12-5-7-13(31-4)8-6-12/h5-10H,11H2,1-4H3,(H2,24,25,27,30). The third-order valence-corrected chi connectivity index (χ3v) is 4.71. The number of benzene rings is 1. The third kappa shape index (κ3) is 4.88. The van der Waals surface area contributed by atoms with Crippen molar-refractivity contribution in [1.82, 2.24) is 29.7 Å². The van der Waals surface area contributed by atoms with Crippen LogP contribution in [0.2, 0.25) is 0 Å². The van der Waals surface area contributed by atoms with Crippen LogP contribution in [0.5, 0.6) is 5.75 Å². The second-order valence-corrected chi connectivity index (χ2v) is 8.69. The summed E-state index contributed by atoms with van der Waals surface area (Å²) in [6.07, 6.45) is 1.05. The molecule has 0 unspecified atom stereocenters. The van der Waals surface area contributed by atoms with Crippen molar-refractivity contribution in [3.8, 4) is 17.3 Å². The number of hydrogen-bond donors (Lipinski definition) is 2. The average Bonchev–Trinajstić information content (AvgIpc) is 3.29. The number of nitrogens with zero attached hydrogens (tertiary/aromatic N) is 5. The molecule has 0 bridgehead atoms. The Balaban J connectivity index is 1.66. The molecule has 0 aliphatic carbocycles. The molecule has 0 atom stereocenters. The van der Waals surface area contributed by atoms with Gasteiger partial charge in [0.2, 0.25) is 10.7 Å². The van der Waals surface area contributed by atoms with Crippen molar-refractivity contribution in [3.63, 3.8) is 0 Å². The molecule has 11 heteroatoms. The lowest BCUT2D eigenvalue weighted by molar-refractivity contribution is 0.0635. The van der Waals surface area contributed by atoms with Gasteiger partial charge in [-0.25, -0.2) is 14.5 Å². The first kappa shape index (κ1) is 21.8. The van der Waals surface area contributed by atoms with Gasteiger partial charge in [-0.05, 0) is 60.5 Å². The highest BCUT2D eigenvalue weighted by molar-refractivity contribution is 9.10. The lowest BCUT2D eigenvalue weighted by Gasteiger charge is -2.18. The van der Waals surface area contributed by atoms with E-state index in [9.17, 15) is 4.79 Å². The predicted octanol–water partition coefficient (Wildman–Crippen LogP) is 4.38. The number of pyridine rings is 1. The van der Waals surface area contributed by atoms with Crippen LogP contribution < -0.4 is 10.1 Å². The number of anilines is 1. The molecule has 2 N–H and O–H groups in total. The van der Waals surface area contributed by atoms with Crippen LogP contribution in [0.15, 0.2) is 41.3 Å². The van der Waals surface area contributed by atoms with Gasteiger partial charge in [0, 0.05) is 6.20 Å². The van der Waals surface area contributed by atoms with Gasteiger partial charge in [0.15, 0.2) is 5.82 Å². The van der Waals surface area contributed by atoms with E-state index < -0.39 is 11.7 Å². The van der Waals surface area contributed by atoms with Gasteiger partial charge in [-0.15, -0.1) is 5.10 Å². The number of amides is 1. The van der Waals surface area contributed by atoms with Crippen molar-refractivity contribution in [2.45, 2.75) is 32.9 Å². The minimum absolute atomic E-state index is 0.254. The summed E-state index contributed by atoms with van der Waals surface area (Å²) in [5.74, 6) is 1.57. The van der Waals surface area contributed by atoms with Gasteiger partial charge in [0.1, 0.15) is 22.6 Å². The number of aromatic amines is 1. The fourth-order valence-corrected chi connectivity index (χ4v) is 3.42. The number of fused-ring (bicyclic) bond motifs is 1. The molecule has 1 aromatic carbocycles. The zero-order valence-electron chi connectivity index (χ0n) is 18.0. The number of halogens is 1. The molecule has 3 heterocycles. The normalized spacial score (nSPS) is 11.5. The van der Waals surface area contributed by atoms with Gasteiger partial charge < -0.3 is 14.5 Å². The Morgan fingerprint density at radius 3 is 2.62 bits per heavy atom. The highest BCUT2D eigenvalue weighted by Gasteiger charge is 2.20. The number of carbonyl (C=O) groups excluding carboxylic acids is 1. The molecule has 4 aromatic rings. The van der Waals surface area contributed by atoms with E-state index in [1.165, 1.54) is 0 Å². The first-order chi connectivity index (χ1) is 15.2. The third-order valence-electron chi connectivity index (χ3n) is 4.37. The van der Waals surface area contributed by atoms with Crippen LogP contribution in [0, 0.1) is 0 Å². The Morgan fingerprint density at radius 2 is 1.94 bits per heavy atom. The molecule has 1 amide bonds. The maximum absolute atomic E-state index is 12.1. The molecule has 4 rings (SSSR count). The summed E-state index contributed by atoms with van der Waals surface area (Å²) in [5, 5.41) is 7.07. The molecule has 3 aromatic heterocycles. The van der Waals surface area contributed by atoms with Gasteiger partial charge in [0.05, 0.1) is 19.2 Å². The van der Waals surface area contributed by atoms with Crippen molar-refractivity contribution < 1.29 is 14.3 Å². The largest absolute Gasteiger partial charge is 0.497 e. The number of methoxy groups -OCH3 is 1. The van der Waals surface area contributed by atoms with Crippen LogP contribution in [0.3, 0.4) is 0 Å². The second-order valence-electron chi connectivity index (χ2n) is 7.98. The molecule has 0 spiro atoms. The van der Waals surface area contributed by atoms with E-state index in [4.69, 9.17) is 9.47 Å². The molecule has 0 fully saturated rings. The number of hydrogen-bond acceptors (Lipinski definition) is 7. The molecule has 0 saturated heterocycles. The molecule has 0 saturated carbocycles. The van der Waals surface area contributed by atoms with E-state index in [1.807, 2.05) is 24.3 Å². The Morgan fingerprint density at radius 1 is 1.19 bits per heavy atom. The number of imidazole rings is 1. The van der Waals surface area contributed by atoms with Gasteiger partial charge in [-0.1, -0.05) is 12.1 Å². The van der Waals surface area contributed by atoms with Crippen molar-refractivity contribution in [3.05, 3.63) is 46.8 Å². The number of carbonyl (C=O) groups is 1. The van der Waals surface area contributed by atoms with Crippen molar-refractivity contribution in [1.29, 1.82) is 0 Å². The topological polar surface area (TPSA) is 120 Å². The zero-order valence-corrected chi connectivity index (χ0v) is 19.6. The summed E-state index contributed by atoms with van der Waals surface area (Å²) in [6, 6.07) is 9.48. The number of aromatic nitrogens is 6. The smallest absolute Gasteiger partial charge is 0.414 e. The molecular formula is C21H22BrN7O3. The predicted molar refractivity (Wildman–Crippen MR) is 123 cm³/mol. The van der Waals surface area contributed by atoms with Crippen LogP contribution in [0.25, 0.3) is 22.6 Å². The highest BCUT2D eigenvalue weighted by Crippen LogP contribution is 2.27. The fraction of sp³-hybridized carbons (Fsp3) is 0.286. The molecule has 0 aliphatic heterocycles. The maximum Gasteiger partial charge on any atom is 0.414 e. The first-order valence-electron chi connectivity index (χ1n) is 9.80. The zero-order chi connectivity index (χ0) is 22.9.